The number of nitrogens with zero attached hydrogens (tertiary/aromatic N) is 3. The van der Waals surface area contributed by atoms with Crippen molar-refractivity contribution in [2.75, 3.05) is 0 Å². The number of hydrogen-bond donors (Lipinski definition) is 0. The molecule has 2 rings (SSSR count). The molecule has 0 aliphatic heterocycles. The molecule has 0 fully saturated rings. The highest BCUT2D eigenvalue weighted by atomic mass is 35.7. The number of aryl methyl sites for hydroxylation is 1. The number of nitriles is 1. The molecule has 0 aliphatic rings. The monoisotopic (exact) mass is 315 g/mol. The predicted octanol–water partition coefficient (Wildman–Crippen LogP) is 2.63. The molecular weight excluding hydrogens is 309 g/mol. The van der Waals surface area contributed by atoms with E-state index >= 15 is 0 Å². The molecule has 0 spiro atoms. The molecule has 0 bridgehead atoms. The maximum atomic E-state index is 11.6. The van der Waals surface area contributed by atoms with Crippen molar-refractivity contribution in [1.29, 1.82) is 5.26 Å². The summed E-state index contributed by atoms with van der Waals surface area (Å²) in [4.78, 5) is 0. The molecule has 1 aromatic carbocycles. The maximum Gasteiger partial charge on any atom is 0.280 e. The van der Waals surface area contributed by atoms with Crippen LogP contribution in [0.4, 0.5) is 0 Å². The van der Waals surface area contributed by atoms with Crippen LogP contribution in [0.1, 0.15) is 11.3 Å². The van der Waals surface area contributed by atoms with Crippen molar-refractivity contribution < 1.29 is 8.42 Å². The van der Waals surface area contributed by atoms with Crippen molar-refractivity contribution >= 4 is 31.3 Å². The molecule has 0 aliphatic carbocycles. The van der Waals surface area contributed by atoms with Crippen LogP contribution >= 0.6 is 22.3 Å². The fourth-order valence-electron chi connectivity index (χ4n) is 1.62. The van der Waals surface area contributed by atoms with Crippen LogP contribution in [0.2, 0.25) is 5.02 Å². The van der Waals surface area contributed by atoms with Crippen LogP contribution < -0.4 is 0 Å². The number of halogens is 2. The Labute approximate surface area is 119 Å². The molecule has 5 nitrogen and oxygen atoms in total. The van der Waals surface area contributed by atoms with Crippen LogP contribution in [0, 0.1) is 18.3 Å². The van der Waals surface area contributed by atoms with E-state index in [0.717, 1.165) is 4.68 Å². The molecule has 0 unspecified atom stereocenters. The first-order chi connectivity index (χ1) is 8.84. The smallest absolute Gasteiger partial charge is 0.219 e. The normalized spacial score (nSPS) is 11.3. The highest BCUT2D eigenvalue weighted by Crippen LogP contribution is 2.26. The summed E-state index contributed by atoms with van der Waals surface area (Å²) in [5, 5.41) is 13.2. The van der Waals surface area contributed by atoms with Gasteiger partial charge in [0.1, 0.15) is 11.6 Å². The predicted molar refractivity (Wildman–Crippen MR) is 71.1 cm³/mol. The van der Waals surface area contributed by atoms with E-state index in [2.05, 4.69) is 5.10 Å². The van der Waals surface area contributed by atoms with Gasteiger partial charge in [0.15, 0.2) is 5.03 Å². The van der Waals surface area contributed by atoms with Gasteiger partial charge in [0.05, 0.1) is 11.4 Å². The van der Waals surface area contributed by atoms with Gasteiger partial charge in [-0.3, -0.25) is 0 Å². The quantitative estimate of drug-likeness (QED) is 0.798. The Bertz CT molecular complexity index is 774. The minimum absolute atomic E-state index is 0.0649. The van der Waals surface area contributed by atoms with E-state index in [1.807, 2.05) is 0 Å². The number of rotatable bonds is 2. The first kappa shape index (κ1) is 13.9. The van der Waals surface area contributed by atoms with Gasteiger partial charge in [-0.25, -0.2) is 13.1 Å². The van der Waals surface area contributed by atoms with E-state index in [1.165, 1.54) is 6.92 Å². The van der Waals surface area contributed by atoms with Crippen molar-refractivity contribution in [3.05, 3.63) is 40.5 Å². The van der Waals surface area contributed by atoms with E-state index < -0.39 is 9.05 Å². The summed E-state index contributed by atoms with van der Waals surface area (Å²) < 4.78 is 24.3. The second-order valence-corrected chi connectivity index (χ2v) is 6.62. The van der Waals surface area contributed by atoms with Gasteiger partial charge >= 0.3 is 0 Å². The first-order valence-electron chi connectivity index (χ1n) is 5.05. The molecule has 2 aromatic rings. The Morgan fingerprint density at radius 2 is 1.89 bits per heavy atom. The van der Waals surface area contributed by atoms with E-state index in [9.17, 15) is 8.42 Å². The zero-order chi connectivity index (χ0) is 14.2. The number of aromatic nitrogens is 2. The lowest BCUT2D eigenvalue weighted by Gasteiger charge is -2.05. The lowest BCUT2D eigenvalue weighted by molar-refractivity contribution is 0.599. The van der Waals surface area contributed by atoms with Crippen LogP contribution in [0.25, 0.3) is 5.69 Å². The van der Waals surface area contributed by atoms with E-state index in [4.69, 9.17) is 27.5 Å². The summed E-state index contributed by atoms with van der Waals surface area (Å²) in [6, 6.07) is 8.14. The van der Waals surface area contributed by atoms with Gasteiger partial charge in [0.2, 0.25) is 0 Å². The van der Waals surface area contributed by atoms with Crippen molar-refractivity contribution in [3.8, 4) is 11.8 Å². The molecule has 0 saturated carbocycles. The van der Waals surface area contributed by atoms with Gasteiger partial charge in [-0.1, -0.05) is 11.6 Å². The molecular formula is C11H7Cl2N3O2S. The van der Waals surface area contributed by atoms with Crippen molar-refractivity contribution in [1.82, 2.24) is 9.78 Å². The zero-order valence-corrected chi connectivity index (χ0v) is 12.0. The van der Waals surface area contributed by atoms with Gasteiger partial charge in [-0.05, 0) is 31.2 Å². The lowest BCUT2D eigenvalue weighted by atomic mass is 10.3. The molecule has 0 saturated heterocycles. The first-order valence-corrected chi connectivity index (χ1v) is 7.73. The topological polar surface area (TPSA) is 75.8 Å². The Morgan fingerprint density at radius 3 is 2.37 bits per heavy atom. The summed E-state index contributed by atoms with van der Waals surface area (Å²) in [5.41, 5.74) is 0.676. The zero-order valence-electron chi connectivity index (χ0n) is 9.63. The highest BCUT2D eigenvalue weighted by molar-refractivity contribution is 8.13. The van der Waals surface area contributed by atoms with Crippen molar-refractivity contribution in [2.45, 2.75) is 11.9 Å². The largest absolute Gasteiger partial charge is 0.280 e. The third-order valence-electron chi connectivity index (χ3n) is 2.43. The SMILES string of the molecule is Cc1nn(-c2ccc(Cl)cc2)c(S(=O)(=O)Cl)c1C#N. The van der Waals surface area contributed by atoms with Gasteiger partial charge in [-0.2, -0.15) is 10.4 Å². The van der Waals surface area contributed by atoms with Crippen LogP contribution in [0.5, 0.6) is 0 Å². The molecule has 19 heavy (non-hydrogen) atoms. The molecule has 8 heteroatoms. The van der Waals surface area contributed by atoms with Crippen LogP contribution in [0.15, 0.2) is 29.3 Å². The second-order valence-electron chi connectivity index (χ2n) is 3.70. The molecule has 0 amide bonds. The third-order valence-corrected chi connectivity index (χ3v) is 3.96. The fraction of sp³-hybridized carbons (Fsp3) is 0.0909. The van der Waals surface area contributed by atoms with E-state index in [1.54, 1.807) is 30.3 Å². The fourth-order valence-corrected chi connectivity index (χ4v) is 2.96. The van der Waals surface area contributed by atoms with Gasteiger partial charge in [0, 0.05) is 15.7 Å². The van der Waals surface area contributed by atoms with E-state index in [-0.39, 0.29) is 16.3 Å². The summed E-state index contributed by atoms with van der Waals surface area (Å²) in [6.45, 7) is 1.54. The summed E-state index contributed by atoms with van der Waals surface area (Å²) in [5.74, 6) is 0. The van der Waals surface area contributed by atoms with Crippen LogP contribution in [0.3, 0.4) is 0 Å². The van der Waals surface area contributed by atoms with Gasteiger partial charge in [0.25, 0.3) is 9.05 Å². The van der Waals surface area contributed by atoms with Gasteiger partial charge < -0.3 is 0 Å². The maximum absolute atomic E-state index is 11.6. The molecule has 1 heterocycles. The Kier molecular flexibility index (Phi) is 3.54. The Morgan fingerprint density at radius 1 is 1.32 bits per heavy atom. The van der Waals surface area contributed by atoms with Crippen molar-refractivity contribution in [2.24, 2.45) is 0 Å². The Hall–Kier alpha value is -1.55. The summed E-state index contributed by atoms with van der Waals surface area (Å²) in [7, 11) is 1.28. The minimum atomic E-state index is -4.10. The second kappa shape index (κ2) is 4.85. The average Bonchev–Trinajstić information content (AvgIpc) is 2.66. The lowest BCUT2D eigenvalue weighted by Crippen LogP contribution is -2.05. The Balaban J connectivity index is 2.79. The van der Waals surface area contributed by atoms with Crippen molar-refractivity contribution in [3.63, 3.8) is 0 Å². The van der Waals surface area contributed by atoms with E-state index in [0.29, 0.717) is 10.7 Å². The van der Waals surface area contributed by atoms with Crippen LogP contribution in [-0.2, 0) is 9.05 Å². The molecule has 0 atom stereocenters. The molecule has 0 radical (unpaired) electrons. The number of benzene rings is 1. The minimum Gasteiger partial charge on any atom is -0.219 e. The standard InChI is InChI=1S/C11H7Cl2N3O2S/c1-7-10(6-14)11(19(13,17)18)16(15-7)9-4-2-8(12)3-5-9/h2-5H,1H3. The highest BCUT2D eigenvalue weighted by Gasteiger charge is 2.26. The van der Waals surface area contributed by atoms with Crippen LogP contribution in [-0.4, -0.2) is 18.2 Å². The molecule has 98 valence electrons. The summed E-state index contributed by atoms with van der Waals surface area (Å²) >= 11 is 5.77. The average molecular weight is 316 g/mol. The van der Waals surface area contributed by atoms with Gasteiger partial charge in [-0.15, -0.1) is 0 Å². The molecule has 0 N–H and O–H groups in total. The molecule has 1 aromatic heterocycles. The third kappa shape index (κ3) is 2.59. The number of hydrogen-bond acceptors (Lipinski definition) is 4. The summed E-state index contributed by atoms with van der Waals surface area (Å²) in [6.07, 6.45) is 0.